The quantitative estimate of drug-likeness (QED) is 0.606. The van der Waals surface area contributed by atoms with Crippen LogP contribution in [0, 0.1) is 6.92 Å². The molecule has 0 radical (unpaired) electrons. The number of rotatable bonds is 6. The lowest BCUT2D eigenvalue weighted by molar-refractivity contribution is 0.586. The lowest BCUT2D eigenvalue weighted by Gasteiger charge is -2.07. The molecule has 0 atom stereocenters. The molecule has 4 N–H and O–H groups in total. The highest BCUT2D eigenvalue weighted by Gasteiger charge is 2.00. The van der Waals surface area contributed by atoms with Crippen molar-refractivity contribution in [2.24, 2.45) is 0 Å². The SMILES string of the molecule is Cc1nc(N)cc(NCCCNS(C)(=O)=O)n1. The van der Waals surface area contributed by atoms with Crippen LogP contribution in [0.2, 0.25) is 0 Å². The summed E-state index contributed by atoms with van der Waals surface area (Å²) in [5.41, 5.74) is 5.56. The van der Waals surface area contributed by atoms with Crippen LogP contribution >= 0.6 is 0 Å². The summed E-state index contributed by atoms with van der Waals surface area (Å²) in [6.45, 7) is 2.76. The van der Waals surface area contributed by atoms with Crippen LogP contribution in [0.15, 0.2) is 6.07 Å². The van der Waals surface area contributed by atoms with Crippen LogP contribution in [-0.2, 0) is 10.0 Å². The number of aromatic nitrogens is 2. The maximum atomic E-state index is 10.8. The number of nitrogens with two attached hydrogens (primary N) is 1. The van der Waals surface area contributed by atoms with Gasteiger partial charge in [-0.05, 0) is 13.3 Å². The Morgan fingerprint density at radius 3 is 2.65 bits per heavy atom. The van der Waals surface area contributed by atoms with Gasteiger partial charge in [0, 0.05) is 19.2 Å². The fourth-order valence-electron chi connectivity index (χ4n) is 1.24. The van der Waals surface area contributed by atoms with E-state index in [2.05, 4.69) is 20.0 Å². The minimum absolute atomic E-state index is 0.394. The van der Waals surface area contributed by atoms with Crippen molar-refractivity contribution in [1.29, 1.82) is 0 Å². The average molecular weight is 259 g/mol. The summed E-state index contributed by atoms with van der Waals surface area (Å²) in [6, 6.07) is 1.64. The van der Waals surface area contributed by atoms with E-state index in [9.17, 15) is 8.42 Å². The molecule has 1 heterocycles. The number of sulfonamides is 1. The second-order valence-corrected chi connectivity index (χ2v) is 5.51. The van der Waals surface area contributed by atoms with Gasteiger partial charge in [0.05, 0.1) is 6.26 Å². The third kappa shape index (κ3) is 6.03. The first-order valence-electron chi connectivity index (χ1n) is 5.16. The van der Waals surface area contributed by atoms with Crippen molar-refractivity contribution in [1.82, 2.24) is 14.7 Å². The zero-order valence-corrected chi connectivity index (χ0v) is 10.7. The van der Waals surface area contributed by atoms with Crippen LogP contribution in [0.25, 0.3) is 0 Å². The van der Waals surface area contributed by atoms with Gasteiger partial charge in [0.2, 0.25) is 10.0 Å². The van der Waals surface area contributed by atoms with Crippen molar-refractivity contribution in [3.8, 4) is 0 Å². The maximum absolute atomic E-state index is 10.8. The number of nitrogen functional groups attached to an aromatic ring is 1. The number of hydrogen-bond donors (Lipinski definition) is 3. The van der Waals surface area contributed by atoms with Gasteiger partial charge in [-0.2, -0.15) is 0 Å². The van der Waals surface area contributed by atoms with E-state index in [1.54, 1.807) is 13.0 Å². The van der Waals surface area contributed by atoms with Crippen LogP contribution in [0.3, 0.4) is 0 Å². The minimum atomic E-state index is -3.11. The van der Waals surface area contributed by atoms with E-state index in [-0.39, 0.29) is 0 Å². The molecule has 96 valence electrons. The fraction of sp³-hybridized carbons (Fsp3) is 0.556. The highest BCUT2D eigenvalue weighted by molar-refractivity contribution is 7.88. The average Bonchev–Trinajstić information content (AvgIpc) is 2.13. The number of nitrogens with zero attached hydrogens (tertiary/aromatic N) is 2. The molecule has 0 unspecified atom stereocenters. The molecule has 0 saturated carbocycles. The van der Waals surface area contributed by atoms with Gasteiger partial charge in [-0.15, -0.1) is 0 Å². The van der Waals surface area contributed by atoms with E-state index in [0.717, 1.165) is 6.26 Å². The van der Waals surface area contributed by atoms with Crippen molar-refractivity contribution in [3.05, 3.63) is 11.9 Å². The van der Waals surface area contributed by atoms with Crippen LogP contribution < -0.4 is 15.8 Å². The zero-order valence-electron chi connectivity index (χ0n) is 9.90. The van der Waals surface area contributed by atoms with E-state index < -0.39 is 10.0 Å². The number of aryl methyl sites for hydroxylation is 1. The molecular weight excluding hydrogens is 242 g/mol. The molecule has 0 spiro atoms. The maximum Gasteiger partial charge on any atom is 0.208 e. The third-order valence-electron chi connectivity index (χ3n) is 1.88. The predicted octanol–water partition coefficient (Wildman–Crippen LogP) is -0.282. The molecule has 8 heteroatoms. The van der Waals surface area contributed by atoms with E-state index >= 15 is 0 Å². The van der Waals surface area contributed by atoms with Gasteiger partial charge in [0.15, 0.2) is 0 Å². The smallest absolute Gasteiger partial charge is 0.208 e. The second kappa shape index (κ2) is 5.78. The Labute approximate surface area is 101 Å². The third-order valence-corrected chi connectivity index (χ3v) is 2.61. The van der Waals surface area contributed by atoms with Gasteiger partial charge in [0.1, 0.15) is 17.5 Å². The molecule has 17 heavy (non-hydrogen) atoms. The lowest BCUT2D eigenvalue weighted by atomic mass is 10.4. The Morgan fingerprint density at radius 2 is 2.06 bits per heavy atom. The van der Waals surface area contributed by atoms with Crippen molar-refractivity contribution in [3.63, 3.8) is 0 Å². The Balaban J connectivity index is 2.31. The highest BCUT2D eigenvalue weighted by Crippen LogP contribution is 2.07. The lowest BCUT2D eigenvalue weighted by Crippen LogP contribution is -2.24. The van der Waals surface area contributed by atoms with Crippen molar-refractivity contribution in [2.45, 2.75) is 13.3 Å². The summed E-state index contributed by atoms with van der Waals surface area (Å²) < 4.78 is 24.0. The van der Waals surface area contributed by atoms with Gasteiger partial charge in [-0.25, -0.2) is 23.1 Å². The van der Waals surface area contributed by atoms with Gasteiger partial charge >= 0.3 is 0 Å². The summed E-state index contributed by atoms with van der Waals surface area (Å²) in [5.74, 6) is 1.66. The van der Waals surface area contributed by atoms with E-state index in [1.807, 2.05) is 0 Å². The number of anilines is 2. The molecule has 0 saturated heterocycles. The first kappa shape index (κ1) is 13.7. The standard InChI is InChI=1S/C9H17N5O2S/c1-7-13-8(10)6-9(14-7)11-4-3-5-12-17(2,15)16/h6,12H,3-5H2,1-2H3,(H3,10,11,13,14). The van der Waals surface area contributed by atoms with Crippen LogP contribution in [0.1, 0.15) is 12.2 Å². The van der Waals surface area contributed by atoms with E-state index in [0.29, 0.717) is 37.0 Å². The minimum Gasteiger partial charge on any atom is -0.384 e. The van der Waals surface area contributed by atoms with Crippen LogP contribution in [0.4, 0.5) is 11.6 Å². The molecule has 7 nitrogen and oxygen atoms in total. The van der Waals surface area contributed by atoms with E-state index in [4.69, 9.17) is 5.73 Å². The molecule has 0 bridgehead atoms. The summed E-state index contributed by atoms with van der Waals surface area (Å²) in [6.07, 6.45) is 1.80. The van der Waals surface area contributed by atoms with Gasteiger partial charge in [-0.3, -0.25) is 0 Å². The molecule has 0 fully saturated rings. The van der Waals surface area contributed by atoms with Crippen LogP contribution in [0.5, 0.6) is 0 Å². The second-order valence-electron chi connectivity index (χ2n) is 3.67. The van der Waals surface area contributed by atoms with Gasteiger partial charge in [0.25, 0.3) is 0 Å². The van der Waals surface area contributed by atoms with Gasteiger partial charge < -0.3 is 11.1 Å². The number of nitrogens with one attached hydrogen (secondary N) is 2. The molecule has 0 aromatic carbocycles. The molecule has 0 aliphatic rings. The normalized spacial score (nSPS) is 11.4. The van der Waals surface area contributed by atoms with Crippen molar-refractivity contribution in [2.75, 3.05) is 30.4 Å². The molecule has 0 aliphatic heterocycles. The Morgan fingerprint density at radius 1 is 1.35 bits per heavy atom. The molecule has 1 aromatic rings. The summed E-state index contributed by atoms with van der Waals surface area (Å²) in [4.78, 5) is 8.09. The molecule has 1 rings (SSSR count). The first-order valence-corrected chi connectivity index (χ1v) is 7.05. The summed E-state index contributed by atoms with van der Waals surface area (Å²) in [5, 5.41) is 3.05. The Hall–Kier alpha value is -1.41. The van der Waals surface area contributed by atoms with Crippen molar-refractivity contribution >= 4 is 21.7 Å². The summed E-state index contributed by atoms with van der Waals surface area (Å²) in [7, 11) is -3.11. The molecule has 0 aliphatic carbocycles. The Kier molecular flexibility index (Phi) is 4.64. The summed E-state index contributed by atoms with van der Waals surface area (Å²) >= 11 is 0. The predicted molar refractivity (Wildman–Crippen MR) is 67.1 cm³/mol. The number of hydrogen-bond acceptors (Lipinski definition) is 6. The Bertz CT molecular complexity index is 454. The van der Waals surface area contributed by atoms with E-state index in [1.165, 1.54) is 0 Å². The molecular formula is C9H17N5O2S. The first-order chi connectivity index (χ1) is 7.87. The fourth-order valence-corrected chi connectivity index (χ4v) is 1.76. The largest absolute Gasteiger partial charge is 0.384 e. The highest BCUT2D eigenvalue weighted by atomic mass is 32.2. The van der Waals surface area contributed by atoms with Crippen LogP contribution in [-0.4, -0.2) is 37.7 Å². The monoisotopic (exact) mass is 259 g/mol. The molecule has 0 amide bonds. The van der Waals surface area contributed by atoms with Crippen molar-refractivity contribution < 1.29 is 8.42 Å². The molecule has 1 aromatic heterocycles. The van der Waals surface area contributed by atoms with Gasteiger partial charge in [-0.1, -0.05) is 0 Å². The zero-order chi connectivity index (χ0) is 12.9. The topological polar surface area (TPSA) is 110 Å².